The smallest absolute Gasteiger partial charge is 0.119 e. The SMILES string of the molecule is O[C@@H]([C@@H](Cc1ccc(Br)cc1)n1cnnc1)C1(Cl)CC1. The number of alkyl halides is 1. The lowest BCUT2D eigenvalue weighted by Crippen LogP contribution is -2.34. The van der Waals surface area contributed by atoms with Crippen molar-refractivity contribution in [2.24, 2.45) is 0 Å². The second kappa shape index (κ2) is 5.47. The Labute approximate surface area is 130 Å². The predicted octanol–water partition coefficient (Wildman–Crippen LogP) is 2.96. The average Bonchev–Trinajstić information content (AvgIpc) is 2.99. The molecule has 2 aromatic rings. The largest absolute Gasteiger partial charge is 0.389 e. The number of rotatable bonds is 5. The number of halogens is 2. The number of nitrogens with zero attached hydrogens (tertiary/aromatic N) is 3. The molecule has 0 saturated heterocycles. The second-order valence-corrected chi connectivity index (χ2v) is 6.95. The highest BCUT2D eigenvalue weighted by molar-refractivity contribution is 9.10. The molecule has 1 aliphatic carbocycles. The molecule has 106 valence electrons. The summed E-state index contributed by atoms with van der Waals surface area (Å²) >= 11 is 9.81. The van der Waals surface area contributed by atoms with Crippen molar-refractivity contribution in [3.05, 3.63) is 47.0 Å². The van der Waals surface area contributed by atoms with Crippen molar-refractivity contribution in [2.45, 2.75) is 36.3 Å². The quantitative estimate of drug-likeness (QED) is 0.838. The molecule has 1 heterocycles. The van der Waals surface area contributed by atoms with Gasteiger partial charge in [0.05, 0.1) is 17.0 Å². The summed E-state index contributed by atoms with van der Waals surface area (Å²) in [6.07, 6.45) is 5.07. The molecule has 6 heteroatoms. The Bertz CT molecular complexity index is 569. The van der Waals surface area contributed by atoms with Crippen LogP contribution >= 0.6 is 27.5 Å². The van der Waals surface area contributed by atoms with Gasteiger partial charge in [-0.2, -0.15) is 0 Å². The third kappa shape index (κ3) is 2.90. The molecule has 0 spiro atoms. The van der Waals surface area contributed by atoms with Crippen molar-refractivity contribution < 1.29 is 5.11 Å². The first kappa shape index (κ1) is 14.0. The van der Waals surface area contributed by atoms with E-state index < -0.39 is 11.0 Å². The minimum absolute atomic E-state index is 0.147. The zero-order valence-electron chi connectivity index (χ0n) is 10.8. The van der Waals surface area contributed by atoms with Crippen LogP contribution in [0.5, 0.6) is 0 Å². The molecule has 0 radical (unpaired) electrons. The van der Waals surface area contributed by atoms with Crippen LogP contribution < -0.4 is 0 Å². The van der Waals surface area contributed by atoms with Gasteiger partial charge in [0.15, 0.2) is 0 Å². The number of aliphatic hydroxyl groups is 1. The first-order valence-electron chi connectivity index (χ1n) is 6.54. The first-order valence-corrected chi connectivity index (χ1v) is 7.71. The Morgan fingerprint density at radius 3 is 2.40 bits per heavy atom. The molecule has 0 bridgehead atoms. The van der Waals surface area contributed by atoms with E-state index in [1.165, 1.54) is 0 Å². The maximum absolute atomic E-state index is 10.6. The predicted molar refractivity (Wildman–Crippen MR) is 80.7 cm³/mol. The van der Waals surface area contributed by atoms with E-state index in [-0.39, 0.29) is 6.04 Å². The normalized spacial score (nSPS) is 19.6. The van der Waals surface area contributed by atoms with E-state index in [9.17, 15) is 5.11 Å². The zero-order valence-corrected chi connectivity index (χ0v) is 13.1. The van der Waals surface area contributed by atoms with Gasteiger partial charge in [0.25, 0.3) is 0 Å². The van der Waals surface area contributed by atoms with Crippen molar-refractivity contribution in [3.8, 4) is 0 Å². The van der Waals surface area contributed by atoms with E-state index in [0.717, 1.165) is 22.9 Å². The van der Waals surface area contributed by atoms with Gasteiger partial charge in [-0.05, 0) is 37.0 Å². The first-order chi connectivity index (χ1) is 9.58. The number of hydrogen-bond donors (Lipinski definition) is 1. The van der Waals surface area contributed by atoms with Gasteiger partial charge in [-0.15, -0.1) is 21.8 Å². The molecule has 2 atom stereocenters. The molecule has 1 aliphatic rings. The van der Waals surface area contributed by atoms with Gasteiger partial charge in [0.2, 0.25) is 0 Å². The Hall–Kier alpha value is -0.910. The number of hydrogen-bond acceptors (Lipinski definition) is 3. The van der Waals surface area contributed by atoms with Crippen molar-refractivity contribution in [2.75, 3.05) is 0 Å². The van der Waals surface area contributed by atoms with Crippen LogP contribution in [0, 0.1) is 0 Å². The third-order valence-corrected chi connectivity index (χ3v) is 4.93. The second-order valence-electron chi connectivity index (χ2n) is 5.29. The molecule has 20 heavy (non-hydrogen) atoms. The highest BCUT2D eigenvalue weighted by Gasteiger charge is 2.50. The molecule has 1 N–H and O–H groups in total. The van der Waals surface area contributed by atoms with E-state index in [1.54, 1.807) is 12.7 Å². The lowest BCUT2D eigenvalue weighted by atomic mass is 9.98. The van der Waals surface area contributed by atoms with Gasteiger partial charge >= 0.3 is 0 Å². The lowest BCUT2D eigenvalue weighted by molar-refractivity contribution is 0.0999. The fourth-order valence-corrected chi connectivity index (χ4v) is 2.89. The van der Waals surface area contributed by atoms with Gasteiger partial charge in [-0.1, -0.05) is 28.1 Å². The Morgan fingerprint density at radius 1 is 1.25 bits per heavy atom. The molecule has 0 unspecified atom stereocenters. The van der Waals surface area contributed by atoms with Crippen molar-refractivity contribution in [1.82, 2.24) is 14.8 Å². The molecule has 3 rings (SSSR count). The molecular formula is C14H15BrClN3O. The molecule has 1 saturated carbocycles. The monoisotopic (exact) mass is 355 g/mol. The van der Waals surface area contributed by atoms with Crippen LogP contribution in [0.4, 0.5) is 0 Å². The molecule has 0 aliphatic heterocycles. The van der Waals surface area contributed by atoms with Crippen molar-refractivity contribution in [1.29, 1.82) is 0 Å². The van der Waals surface area contributed by atoms with Crippen LogP contribution in [0.25, 0.3) is 0 Å². The highest BCUT2D eigenvalue weighted by atomic mass is 79.9. The molecule has 1 fully saturated rings. The van der Waals surface area contributed by atoms with Gasteiger partial charge in [-0.3, -0.25) is 0 Å². The number of aliphatic hydroxyl groups excluding tert-OH is 1. The Balaban J connectivity index is 1.84. The summed E-state index contributed by atoms with van der Waals surface area (Å²) in [5.41, 5.74) is 1.15. The third-order valence-electron chi connectivity index (χ3n) is 3.80. The summed E-state index contributed by atoms with van der Waals surface area (Å²) in [7, 11) is 0. The minimum Gasteiger partial charge on any atom is -0.389 e. The lowest BCUT2D eigenvalue weighted by Gasteiger charge is -2.27. The minimum atomic E-state index is -0.608. The topological polar surface area (TPSA) is 50.9 Å². The van der Waals surface area contributed by atoms with Crippen molar-refractivity contribution >= 4 is 27.5 Å². The van der Waals surface area contributed by atoms with Crippen LogP contribution in [0.3, 0.4) is 0 Å². The van der Waals surface area contributed by atoms with Gasteiger partial charge in [-0.25, -0.2) is 0 Å². The van der Waals surface area contributed by atoms with E-state index in [4.69, 9.17) is 11.6 Å². The van der Waals surface area contributed by atoms with Crippen LogP contribution in [0.2, 0.25) is 0 Å². The Kier molecular flexibility index (Phi) is 3.84. The fraction of sp³-hybridized carbons (Fsp3) is 0.429. The van der Waals surface area contributed by atoms with Crippen LogP contribution in [0.1, 0.15) is 24.4 Å². The maximum atomic E-state index is 10.6. The van der Waals surface area contributed by atoms with Gasteiger partial charge in [0, 0.05) is 4.47 Å². The maximum Gasteiger partial charge on any atom is 0.119 e. The molecule has 1 aromatic heterocycles. The highest BCUT2D eigenvalue weighted by Crippen LogP contribution is 2.49. The summed E-state index contributed by atoms with van der Waals surface area (Å²) in [6, 6.07) is 7.94. The van der Waals surface area contributed by atoms with E-state index in [0.29, 0.717) is 6.42 Å². The van der Waals surface area contributed by atoms with Gasteiger partial charge in [0.1, 0.15) is 12.7 Å². The Morgan fingerprint density at radius 2 is 1.85 bits per heavy atom. The summed E-state index contributed by atoms with van der Waals surface area (Å²) < 4.78 is 2.88. The average molecular weight is 357 g/mol. The molecule has 0 amide bonds. The van der Waals surface area contributed by atoms with Crippen LogP contribution in [-0.2, 0) is 6.42 Å². The van der Waals surface area contributed by atoms with E-state index in [2.05, 4.69) is 26.1 Å². The standard InChI is InChI=1S/C14H15BrClN3O/c15-11-3-1-10(2-4-11)7-12(19-8-17-18-9-19)13(20)14(16)5-6-14/h1-4,8-9,12-13,20H,5-7H2/t12-,13+/m1/s1. The zero-order chi connectivity index (χ0) is 14.2. The molecular weight excluding hydrogens is 342 g/mol. The molecule has 4 nitrogen and oxygen atoms in total. The molecule has 1 aromatic carbocycles. The summed E-state index contributed by atoms with van der Waals surface area (Å²) in [5.74, 6) is 0. The summed E-state index contributed by atoms with van der Waals surface area (Å²) in [4.78, 5) is -0.482. The number of aromatic nitrogens is 3. The van der Waals surface area contributed by atoms with Crippen molar-refractivity contribution in [3.63, 3.8) is 0 Å². The van der Waals surface area contributed by atoms with Crippen LogP contribution in [-0.4, -0.2) is 30.8 Å². The summed E-state index contributed by atoms with van der Waals surface area (Å²) in [6.45, 7) is 0. The van der Waals surface area contributed by atoms with Gasteiger partial charge < -0.3 is 9.67 Å². The number of benzene rings is 1. The fourth-order valence-electron chi connectivity index (χ4n) is 2.38. The summed E-state index contributed by atoms with van der Waals surface area (Å²) in [5, 5.41) is 18.2. The van der Waals surface area contributed by atoms with E-state index in [1.807, 2.05) is 28.8 Å². The van der Waals surface area contributed by atoms with E-state index >= 15 is 0 Å². The van der Waals surface area contributed by atoms with Crippen LogP contribution in [0.15, 0.2) is 41.4 Å².